The van der Waals surface area contributed by atoms with E-state index in [4.69, 9.17) is 5.11 Å². The highest BCUT2D eigenvalue weighted by Gasteiger charge is 2.15. The summed E-state index contributed by atoms with van der Waals surface area (Å²) in [6, 6.07) is 6.46. The van der Waals surface area contributed by atoms with Crippen LogP contribution < -0.4 is 4.90 Å². The summed E-state index contributed by atoms with van der Waals surface area (Å²) >= 11 is 1.35. The standard InChI is InChI=1S/C12H10N2O3S/c1-14(11(15)9-3-2-6-18-9)10-5-4-8(7-13-10)12(16)17/h2-7H,1H3,(H,16,17). The fourth-order valence-corrected chi connectivity index (χ4v) is 2.08. The lowest BCUT2D eigenvalue weighted by atomic mass is 10.3. The van der Waals surface area contributed by atoms with Crippen LogP contribution in [0.3, 0.4) is 0 Å². The summed E-state index contributed by atoms with van der Waals surface area (Å²) in [5.41, 5.74) is 0.0933. The molecule has 5 nitrogen and oxygen atoms in total. The third-order valence-corrected chi connectivity index (χ3v) is 3.23. The number of nitrogens with zero attached hydrogens (tertiary/aromatic N) is 2. The van der Waals surface area contributed by atoms with Crippen molar-refractivity contribution in [2.75, 3.05) is 11.9 Å². The monoisotopic (exact) mass is 262 g/mol. The summed E-state index contributed by atoms with van der Waals surface area (Å²) < 4.78 is 0. The van der Waals surface area contributed by atoms with Gasteiger partial charge in [0.2, 0.25) is 0 Å². The highest BCUT2D eigenvalue weighted by Crippen LogP contribution is 2.16. The summed E-state index contributed by atoms with van der Waals surface area (Å²) in [4.78, 5) is 28.6. The first-order valence-electron chi connectivity index (χ1n) is 5.10. The lowest BCUT2D eigenvalue weighted by Crippen LogP contribution is -2.26. The van der Waals surface area contributed by atoms with Crippen molar-refractivity contribution in [1.82, 2.24) is 4.98 Å². The van der Waals surface area contributed by atoms with Gasteiger partial charge in [0.1, 0.15) is 5.82 Å². The number of carbonyl (C=O) groups is 2. The van der Waals surface area contributed by atoms with Gasteiger partial charge in [-0.3, -0.25) is 9.69 Å². The smallest absolute Gasteiger partial charge is 0.337 e. The van der Waals surface area contributed by atoms with E-state index in [0.717, 1.165) is 0 Å². The average molecular weight is 262 g/mol. The SMILES string of the molecule is CN(C(=O)c1cccs1)c1ccc(C(=O)O)cn1. The van der Waals surface area contributed by atoms with Crippen LogP contribution in [0.15, 0.2) is 35.8 Å². The van der Waals surface area contributed by atoms with E-state index in [-0.39, 0.29) is 11.5 Å². The molecule has 92 valence electrons. The van der Waals surface area contributed by atoms with Crippen molar-refractivity contribution < 1.29 is 14.7 Å². The molecule has 0 spiro atoms. The zero-order chi connectivity index (χ0) is 13.1. The van der Waals surface area contributed by atoms with Crippen LogP contribution in [0.4, 0.5) is 5.82 Å². The van der Waals surface area contributed by atoms with Gasteiger partial charge in [0, 0.05) is 13.2 Å². The second-order valence-corrected chi connectivity index (χ2v) is 4.50. The number of pyridine rings is 1. The van der Waals surface area contributed by atoms with Crippen molar-refractivity contribution in [3.63, 3.8) is 0 Å². The summed E-state index contributed by atoms with van der Waals surface area (Å²) in [5.74, 6) is -0.791. The molecule has 0 saturated carbocycles. The lowest BCUT2D eigenvalue weighted by Gasteiger charge is -2.15. The first-order valence-corrected chi connectivity index (χ1v) is 5.98. The van der Waals surface area contributed by atoms with Crippen LogP contribution in [0, 0.1) is 0 Å². The van der Waals surface area contributed by atoms with E-state index >= 15 is 0 Å². The molecule has 1 N–H and O–H groups in total. The Labute approximate surface area is 107 Å². The zero-order valence-electron chi connectivity index (χ0n) is 9.53. The number of anilines is 1. The van der Waals surface area contributed by atoms with E-state index < -0.39 is 5.97 Å². The first-order chi connectivity index (χ1) is 8.59. The lowest BCUT2D eigenvalue weighted by molar-refractivity contribution is 0.0696. The fourth-order valence-electron chi connectivity index (χ4n) is 1.38. The van der Waals surface area contributed by atoms with Crippen LogP contribution in [-0.2, 0) is 0 Å². The molecule has 0 bridgehead atoms. The molecule has 2 heterocycles. The van der Waals surface area contributed by atoms with Gasteiger partial charge in [-0.15, -0.1) is 11.3 Å². The third kappa shape index (κ3) is 2.38. The van der Waals surface area contributed by atoms with E-state index in [1.807, 2.05) is 5.38 Å². The topological polar surface area (TPSA) is 70.5 Å². The molecule has 2 rings (SSSR count). The number of carbonyl (C=O) groups excluding carboxylic acids is 1. The predicted octanol–water partition coefficient (Wildman–Crippen LogP) is 2.12. The second kappa shape index (κ2) is 4.97. The van der Waals surface area contributed by atoms with Crippen LogP contribution in [0.25, 0.3) is 0 Å². The van der Waals surface area contributed by atoms with Gasteiger partial charge >= 0.3 is 5.97 Å². The highest BCUT2D eigenvalue weighted by molar-refractivity contribution is 7.12. The molecule has 0 saturated heterocycles. The summed E-state index contributed by atoms with van der Waals surface area (Å²) in [6.07, 6.45) is 1.23. The third-order valence-electron chi connectivity index (χ3n) is 2.38. The Kier molecular flexibility index (Phi) is 3.38. The number of aromatic nitrogens is 1. The van der Waals surface area contributed by atoms with Crippen LogP contribution in [0.2, 0.25) is 0 Å². The second-order valence-electron chi connectivity index (χ2n) is 3.55. The molecule has 1 amide bonds. The van der Waals surface area contributed by atoms with E-state index in [0.29, 0.717) is 10.7 Å². The minimum atomic E-state index is -1.04. The van der Waals surface area contributed by atoms with E-state index in [2.05, 4.69) is 4.98 Å². The maximum absolute atomic E-state index is 12.0. The molecular weight excluding hydrogens is 252 g/mol. The van der Waals surface area contributed by atoms with Crippen LogP contribution >= 0.6 is 11.3 Å². The molecule has 0 aliphatic carbocycles. The molecule has 0 unspecified atom stereocenters. The normalized spacial score (nSPS) is 10.1. The number of aromatic carboxylic acids is 1. The van der Waals surface area contributed by atoms with Gasteiger partial charge in [-0.2, -0.15) is 0 Å². The summed E-state index contributed by atoms with van der Waals surface area (Å²) in [5, 5.41) is 10.6. The quantitative estimate of drug-likeness (QED) is 0.919. The van der Waals surface area contributed by atoms with Crippen LogP contribution in [0.5, 0.6) is 0 Å². The maximum atomic E-state index is 12.0. The maximum Gasteiger partial charge on any atom is 0.337 e. The molecule has 18 heavy (non-hydrogen) atoms. The van der Waals surface area contributed by atoms with Gasteiger partial charge in [0.25, 0.3) is 5.91 Å². The Hall–Kier alpha value is -2.21. The largest absolute Gasteiger partial charge is 0.478 e. The van der Waals surface area contributed by atoms with Gasteiger partial charge in [-0.05, 0) is 23.6 Å². The molecule has 2 aromatic heterocycles. The summed E-state index contributed by atoms with van der Waals surface area (Å²) in [7, 11) is 1.60. The van der Waals surface area contributed by atoms with Gasteiger partial charge in [-0.1, -0.05) is 6.07 Å². The molecule has 0 atom stereocenters. The van der Waals surface area contributed by atoms with Crippen molar-refractivity contribution in [3.8, 4) is 0 Å². The van der Waals surface area contributed by atoms with Gasteiger partial charge in [0.05, 0.1) is 10.4 Å². The van der Waals surface area contributed by atoms with E-state index in [9.17, 15) is 9.59 Å². The minimum absolute atomic E-state index is 0.0933. The van der Waals surface area contributed by atoms with Gasteiger partial charge in [0.15, 0.2) is 0 Å². The number of thiophene rings is 1. The molecule has 0 aliphatic rings. The molecule has 0 aliphatic heterocycles. The molecule has 0 fully saturated rings. The summed E-state index contributed by atoms with van der Waals surface area (Å²) in [6.45, 7) is 0. The number of hydrogen-bond acceptors (Lipinski definition) is 4. The Bertz CT molecular complexity index is 564. The average Bonchev–Trinajstić information content (AvgIpc) is 2.91. The highest BCUT2D eigenvalue weighted by atomic mass is 32.1. The predicted molar refractivity (Wildman–Crippen MR) is 68.2 cm³/mol. The van der Waals surface area contributed by atoms with Crippen molar-refractivity contribution in [3.05, 3.63) is 46.3 Å². The molecular formula is C12H10N2O3S. The number of hydrogen-bond donors (Lipinski definition) is 1. The first kappa shape index (κ1) is 12.3. The number of carboxylic acids is 1. The van der Waals surface area contributed by atoms with Crippen molar-refractivity contribution >= 4 is 29.0 Å². The van der Waals surface area contributed by atoms with Gasteiger partial charge < -0.3 is 5.11 Å². The molecule has 6 heteroatoms. The van der Waals surface area contributed by atoms with Crippen LogP contribution in [0.1, 0.15) is 20.0 Å². The Morgan fingerprint density at radius 3 is 2.61 bits per heavy atom. The van der Waals surface area contributed by atoms with Gasteiger partial charge in [-0.25, -0.2) is 9.78 Å². The van der Waals surface area contributed by atoms with Crippen LogP contribution in [-0.4, -0.2) is 29.0 Å². The Morgan fingerprint density at radius 1 is 1.33 bits per heavy atom. The van der Waals surface area contributed by atoms with Crippen molar-refractivity contribution in [2.45, 2.75) is 0 Å². The Balaban J connectivity index is 2.21. The minimum Gasteiger partial charge on any atom is -0.478 e. The number of carboxylic acid groups (broad SMARTS) is 1. The van der Waals surface area contributed by atoms with E-state index in [1.165, 1.54) is 34.6 Å². The van der Waals surface area contributed by atoms with Crippen molar-refractivity contribution in [1.29, 1.82) is 0 Å². The molecule has 2 aromatic rings. The molecule has 0 radical (unpaired) electrons. The van der Waals surface area contributed by atoms with E-state index in [1.54, 1.807) is 19.2 Å². The Morgan fingerprint density at radius 2 is 2.11 bits per heavy atom. The fraction of sp³-hybridized carbons (Fsp3) is 0.0833. The number of amides is 1. The van der Waals surface area contributed by atoms with Crippen molar-refractivity contribution in [2.24, 2.45) is 0 Å². The number of rotatable bonds is 3. The molecule has 0 aromatic carbocycles. The zero-order valence-corrected chi connectivity index (χ0v) is 10.3.